The van der Waals surface area contributed by atoms with Crippen molar-refractivity contribution in [1.82, 2.24) is 31.9 Å². The molecule has 0 bridgehead atoms. The maximum Gasteiger partial charge on any atom is 0.408 e. The Hall–Kier alpha value is -8.95. The van der Waals surface area contributed by atoms with Crippen molar-refractivity contribution in [2.24, 2.45) is 17.6 Å². The van der Waals surface area contributed by atoms with Gasteiger partial charge < -0.3 is 107 Å². The molecule has 0 aromatic heterocycles. The monoisotopic (exact) mass is 1430 g/mol. The maximum atomic E-state index is 11.6. The molecule has 6 amide bonds. The van der Waals surface area contributed by atoms with Gasteiger partial charge in [-0.1, -0.05) is 58.0 Å². The van der Waals surface area contributed by atoms with Crippen LogP contribution in [0.3, 0.4) is 0 Å². The van der Waals surface area contributed by atoms with E-state index in [1.54, 1.807) is 138 Å². The van der Waals surface area contributed by atoms with E-state index in [4.69, 9.17) is 75.0 Å². The number of aliphatic hydroxyl groups is 1. The summed E-state index contributed by atoms with van der Waals surface area (Å²) in [5, 5.41) is 84.2. The maximum absolute atomic E-state index is 11.6. The number of benzene rings is 1. The fraction of sp³-hybridized carbons (Fsp3) is 0.708. The van der Waals surface area contributed by atoms with E-state index in [2.05, 4.69) is 31.9 Å². The smallest absolute Gasteiger partial charge is 0.408 e. The van der Waals surface area contributed by atoms with E-state index in [0.29, 0.717) is 25.8 Å². The molecule has 16 N–H and O–H groups in total. The number of rotatable bonds is 25. The second kappa shape index (κ2) is 47.1. The Labute approximate surface area is 580 Å². The molecule has 1 aromatic carbocycles. The van der Waals surface area contributed by atoms with Crippen LogP contribution in [0.15, 0.2) is 30.3 Å². The van der Waals surface area contributed by atoms with Crippen molar-refractivity contribution < 1.29 is 132 Å². The van der Waals surface area contributed by atoms with Gasteiger partial charge >= 0.3 is 78.3 Å². The summed E-state index contributed by atoms with van der Waals surface area (Å²) >= 11 is 0. The van der Waals surface area contributed by atoms with Gasteiger partial charge in [-0.05, 0) is 188 Å². The number of hydrogen-bond donors (Lipinski definition) is 15. The average molecular weight is 1430 g/mol. The SMILES string of the molecule is CC(C)(C)OC(=O)N[C@H](CCC(=O)O)C(=O)O.CC(C)(C)OC(=O)N[C@H](CCCCN)C(=O)O.CC(C)(C)OC(=O)N[C@H](Cc1ccccc1)C(=O)O.CC(C)C[C@@H](NC(=O)OC(C)(C)C)C(=O)O.CC(C)[C@@H](NC(=O)OC(C)(C)C)C(=O)O.CC(O)[C@@H](NC(=O)OC(C)(C)C)C(=O)O. The molecule has 0 fully saturated rings. The zero-order valence-corrected chi connectivity index (χ0v) is 61.7. The minimum absolute atomic E-state index is 0.185. The summed E-state index contributed by atoms with van der Waals surface area (Å²) in [6.07, 6.45) is -3.95. The van der Waals surface area contributed by atoms with Crippen LogP contribution >= 0.6 is 0 Å². The number of carboxylic acid groups (broad SMARTS) is 7. The molecule has 0 saturated carbocycles. The van der Waals surface area contributed by atoms with Crippen LogP contribution in [-0.2, 0) is 68.4 Å². The molecule has 0 aliphatic heterocycles. The Morgan fingerprint density at radius 1 is 0.384 bits per heavy atom. The lowest BCUT2D eigenvalue weighted by Crippen LogP contribution is -2.49. The lowest BCUT2D eigenvalue weighted by atomic mass is 10.0. The molecule has 1 rings (SSSR count). The van der Waals surface area contributed by atoms with Crippen LogP contribution < -0.4 is 37.6 Å². The van der Waals surface area contributed by atoms with Crippen molar-refractivity contribution in [2.45, 2.75) is 280 Å². The highest BCUT2D eigenvalue weighted by Gasteiger charge is 2.31. The van der Waals surface area contributed by atoms with Gasteiger partial charge in [0.2, 0.25) is 0 Å². The number of nitrogens with one attached hydrogen (secondary N) is 6. The van der Waals surface area contributed by atoms with Crippen LogP contribution in [0.1, 0.15) is 203 Å². The van der Waals surface area contributed by atoms with Crippen LogP contribution in [0.25, 0.3) is 0 Å². The van der Waals surface area contributed by atoms with Gasteiger partial charge in [-0.2, -0.15) is 0 Å². The summed E-state index contributed by atoms with van der Waals surface area (Å²) < 4.78 is 29.7. The van der Waals surface area contributed by atoms with E-state index in [-0.39, 0.29) is 31.1 Å². The topological polar surface area (TPSA) is 537 Å². The second-order valence-corrected chi connectivity index (χ2v) is 28.6. The first-order valence-electron chi connectivity index (χ1n) is 31.5. The van der Waals surface area contributed by atoms with Crippen LogP contribution in [0, 0.1) is 11.8 Å². The molecule has 0 aliphatic rings. The molecule has 99 heavy (non-hydrogen) atoms. The molecule has 34 heteroatoms. The number of nitrogens with two attached hydrogens (primary N) is 1. The Balaban J connectivity index is -0.000000358. The molecular formula is C65H115N7O27. The standard InChI is InChI=1S/C14H19NO4.C11H22N2O4.C11H21NO4.C10H17NO6.C10H19NO4.C9H17NO5/c1-14(2,3)19-13(18)15-11(12(16)17)9-10-7-5-4-6-8-10;1-11(2,3)17-10(16)13-8(9(14)15)6-4-5-7-12;1-7(2)6-8(9(13)14)12-10(15)16-11(3,4)5;1-10(2,3)17-9(16)11-6(8(14)15)4-5-7(12)13;1-6(2)7(8(12)13)11-9(14)15-10(3,4)5;1-5(11)6(7(12)13)10-8(14)15-9(2,3)4/h4-8,11H,9H2,1-3H3,(H,15,18)(H,16,17);8H,4-7,12H2,1-3H3,(H,13,16)(H,14,15);7-8H,6H2,1-5H3,(H,12,15)(H,13,14);6H,4-5H2,1-3H3,(H,11,16)(H,12,13)(H,14,15);6-7H,1-5H3,(H,11,14)(H,12,13);5-6,11H,1-4H3,(H,10,14)(H,12,13)/t11-;2*8-;6-;7-;5?,6-/m111111/s1. The largest absolute Gasteiger partial charge is 0.481 e. The van der Waals surface area contributed by atoms with Crippen molar-refractivity contribution in [3.05, 3.63) is 35.9 Å². The number of carbonyl (C=O) groups is 13. The number of alkyl carbamates (subject to hydrolysis) is 6. The van der Waals surface area contributed by atoms with Crippen molar-refractivity contribution >= 4 is 78.3 Å². The van der Waals surface area contributed by atoms with Gasteiger partial charge in [0, 0.05) is 12.8 Å². The first-order chi connectivity index (χ1) is 44.5. The number of unbranched alkanes of at least 4 members (excludes halogenated alkanes) is 1. The summed E-state index contributed by atoms with van der Waals surface area (Å²) in [6, 6.07) is 2.76. The highest BCUT2D eigenvalue weighted by Crippen LogP contribution is 2.14. The van der Waals surface area contributed by atoms with Crippen LogP contribution in [-0.4, -0.2) is 202 Å². The van der Waals surface area contributed by atoms with Gasteiger partial charge in [0.15, 0.2) is 6.04 Å². The normalized spacial score (nSPS) is 13.3. The molecule has 34 nitrogen and oxygen atoms in total. The van der Waals surface area contributed by atoms with Crippen LogP contribution in [0.5, 0.6) is 0 Å². The average Bonchev–Trinajstić information content (AvgIpc) is 0.926. The number of carbonyl (C=O) groups excluding carboxylic acids is 6. The lowest BCUT2D eigenvalue weighted by Gasteiger charge is -2.23. The van der Waals surface area contributed by atoms with E-state index in [0.717, 1.165) is 12.0 Å². The summed E-state index contributed by atoms with van der Waals surface area (Å²) in [5.41, 5.74) is 2.19. The molecule has 0 radical (unpaired) electrons. The summed E-state index contributed by atoms with van der Waals surface area (Å²) in [6.45, 7) is 39.6. The zero-order chi connectivity index (χ0) is 79.0. The Morgan fingerprint density at radius 2 is 0.667 bits per heavy atom. The number of ether oxygens (including phenoxy) is 6. The Morgan fingerprint density at radius 3 is 0.919 bits per heavy atom. The molecular weight excluding hydrogens is 1310 g/mol. The van der Waals surface area contributed by atoms with E-state index in [9.17, 15) is 62.3 Å². The first kappa shape index (κ1) is 98.7. The van der Waals surface area contributed by atoms with Crippen molar-refractivity contribution in [2.75, 3.05) is 6.54 Å². The highest BCUT2D eigenvalue weighted by atomic mass is 16.6. The highest BCUT2D eigenvalue weighted by molar-refractivity contribution is 5.83. The molecule has 0 aliphatic carbocycles. The third kappa shape index (κ3) is 63.5. The minimum Gasteiger partial charge on any atom is -0.481 e. The third-order valence-corrected chi connectivity index (χ3v) is 10.6. The number of hydrogen-bond acceptors (Lipinski definition) is 21. The molecule has 0 heterocycles. The van der Waals surface area contributed by atoms with E-state index >= 15 is 0 Å². The zero-order valence-electron chi connectivity index (χ0n) is 61.7. The third-order valence-electron chi connectivity index (χ3n) is 10.6. The van der Waals surface area contributed by atoms with Gasteiger partial charge in [-0.3, -0.25) is 4.79 Å². The summed E-state index contributed by atoms with van der Waals surface area (Å²) in [5.74, 6) is -7.97. The molecule has 7 atom stereocenters. The number of carboxylic acids is 7. The van der Waals surface area contributed by atoms with Gasteiger partial charge in [0.1, 0.15) is 63.8 Å². The quantitative estimate of drug-likeness (QED) is 0.0324. The van der Waals surface area contributed by atoms with Gasteiger partial charge in [-0.15, -0.1) is 0 Å². The van der Waals surface area contributed by atoms with Crippen molar-refractivity contribution in [1.29, 1.82) is 0 Å². The fourth-order valence-corrected chi connectivity index (χ4v) is 6.59. The Bertz CT molecular complexity index is 2610. The molecule has 0 saturated heterocycles. The number of aliphatic hydroxyl groups excluding tert-OH is 1. The van der Waals surface area contributed by atoms with E-state index < -0.39 is 154 Å². The second-order valence-electron chi connectivity index (χ2n) is 28.6. The summed E-state index contributed by atoms with van der Waals surface area (Å²) in [4.78, 5) is 143. The summed E-state index contributed by atoms with van der Waals surface area (Å²) in [7, 11) is 0. The lowest BCUT2D eigenvalue weighted by molar-refractivity contribution is -0.143. The van der Waals surface area contributed by atoms with Crippen molar-refractivity contribution in [3.63, 3.8) is 0 Å². The van der Waals surface area contributed by atoms with Crippen LogP contribution in [0.2, 0.25) is 0 Å². The van der Waals surface area contributed by atoms with Gasteiger partial charge in [0.05, 0.1) is 6.10 Å². The predicted molar refractivity (Wildman–Crippen MR) is 361 cm³/mol. The van der Waals surface area contributed by atoms with Crippen LogP contribution in [0.4, 0.5) is 28.8 Å². The molecule has 1 aromatic rings. The Kier molecular flexibility index (Phi) is 47.0. The first-order valence-corrected chi connectivity index (χ1v) is 31.5. The predicted octanol–water partition coefficient (Wildman–Crippen LogP) is 8.11. The molecule has 0 spiro atoms. The van der Waals surface area contributed by atoms with Gasteiger partial charge in [-0.25, -0.2) is 57.5 Å². The van der Waals surface area contributed by atoms with E-state index in [1.807, 2.05) is 44.2 Å². The minimum atomic E-state index is -1.36. The molecule has 572 valence electrons. The fourth-order valence-electron chi connectivity index (χ4n) is 6.59. The number of amides is 6. The van der Waals surface area contributed by atoms with E-state index in [1.165, 1.54) is 6.92 Å². The van der Waals surface area contributed by atoms with Crippen molar-refractivity contribution in [3.8, 4) is 0 Å². The number of aliphatic carboxylic acids is 7. The van der Waals surface area contributed by atoms with Gasteiger partial charge in [0.25, 0.3) is 0 Å². The molecule has 1 unspecified atom stereocenters.